The van der Waals surface area contributed by atoms with Crippen molar-refractivity contribution in [3.8, 4) is 0 Å². The van der Waals surface area contributed by atoms with Crippen molar-refractivity contribution < 1.29 is 4.74 Å². The fourth-order valence-corrected chi connectivity index (χ4v) is 2.92. The molecule has 1 heterocycles. The molecule has 0 amide bonds. The lowest BCUT2D eigenvalue weighted by molar-refractivity contribution is 0.183. The molecule has 1 atom stereocenters. The Balaban J connectivity index is 2.00. The van der Waals surface area contributed by atoms with Crippen molar-refractivity contribution in [1.82, 2.24) is 5.32 Å². The van der Waals surface area contributed by atoms with Crippen molar-refractivity contribution in [2.45, 2.75) is 32.2 Å². The van der Waals surface area contributed by atoms with E-state index in [0.717, 1.165) is 18.9 Å². The molecule has 1 aliphatic rings. The number of hydrogen-bond acceptors (Lipinski definition) is 3. The van der Waals surface area contributed by atoms with E-state index in [4.69, 9.17) is 4.74 Å². The van der Waals surface area contributed by atoms with Gasteiger partial charge >= 0.3 is 0 Å². The van der Waals surface area contributed by atoms with Crippen LogP contribution in [0.25, 0.3) is 0 Å². The van der Waals surface area contributed by atoms with E-state index >= 15 is 0 Å². The third-order valence-electron chi connectivity index (χ3n) is 2.85. The molecule has 1 fully saturated rings. The number of ether oxygens (including phenoxy) is 1. The summed E-state index contributed by atoms with van der Waals surface area (Å²) in [4.78, 5) is 0. The lowest BCUT2D eigenvalue weighted by atomic mass is 10.0. The van der Waals surface area contributed by atoms with Crippen LogP contribution in [0.15, 0.2) is 0 Å². The van der Waals surface area contributed by atoms with Gasteiger partial charge in [-0.15, -0.1) is 0 Å². The van der Waals surface area contributed by atoms with Crippen LogP contribution < -0.4 is 5.32 Å². The Hall–Kier alpha value is 0.270. The van der Waals surface area contributed by atoms with Crippen LogP contribution in [-0.2, 0) is 4.74 Å². The van der Waals surface area contributed by atoms with E-state index in [1.807, 2.05) is 0 Å². The zero-order valence-corrected chi connectivity index (χ0v) is 10.2. The number of hydrogen-bond donors (Lipinski definition) is 1. The molecule has 0 aromatic heterocycles. The summed E-state index contributed by atoms with van der Waals surface area (Å²) in [5.41, 5.74) is 0. The van der Waals surface area contributed by atoms with Crippen molar-refractivity contribution in [1.29, 1.82) is 0 Å². The molecule has 0 spiro atoms. The van der Waals surface area contributed by atoms with Gasteiger partial charge in [-0.2, -0.15) is 11.8 Å². The van der Waals surface area contributed by atoms with Crippen molar-refractivity contribution in [3.05, 3.63) is 0 Å². The van der Waals surface area contributed by atoms with E-state index in [0.29, 0.717) is 6.04 Å². The van der Waals surface area contributed by atoms with Gasteiger partial charge in [-0.1, -0.05) is 0 Å². The van der Waals surface area contributed by atoms with E-state index in [1.165, 1.54) is 30.9 Å². The molecule has 3 heteroatoms. The molecule has 1 saturated heterocycles. The fraction of sp³-hybridized carbons (Fsp3) is 1.00. The Bertz CT molecular complexity index is 137. The van der Waals surface area contributed by atoms with Gasteiger partial charge in [0, 0.05) is 19.8 Å². The van der Waals surface area contributed by atoms with E-state index in [9.17, 15) is 0 Å². The monoisotopic (exact) mass is 217 g/mol. The quantitative estimate of drug-likeness (QED) is 0.736. The first-order valence-electron chi connectivity index (χ1n) is 5.63. The summed E-state index contributed by atoms with van der Waals surface area (Å²) in [5, 5.41) is 3.60. The van der Waals surface area contributed by atoms with Crippen molar-refractivity contribution in [2.75, 3.05) is 31.8 Å². The predicted octanol–water partition coefficient (Wildman–Crippen LogP) is 2.14. The van der Waals surface area contributed by atoms with Crippen LogP contribution in [0, 0.1) is 5.92 Å². The van der Waals surface area contributed by atoms with Gasteiger partial charge in [0.25, 0.3) is 0 Å². The molecule has 0 aliphatic carbocycles. The highest BCUT2D eigenvalue weighted by Crippen LogP contribution is 2.21. The predicted molar refractivity (Wildman–Crippen MR) is 64.0 cm³/mol. The topological polar surface area (TPSA) is 21.3 Å². The second-order valence-electron chi connectivity index (χ2n) is 4.15. The third kappa shape index (κ3) is 5.23. The summed E-state index contributed by atoms with van der Waals surface area (Å²) in [6.45, 7) is 4.32. The highest BCUT2D eigenvalue weighted by Gasteiger charge is 2.13. The van der Waals surface area contributed by atoms with Crippen LogP contribution in [-0.4, -0.2) is 37.8 Å². The summed E-state index contributed by atoms with van der Waals surface area (Å²) in [5.74, 6) is 3.64. The van der Waals surface area contributed by atoms with E-state index in [-0.39, 0.29) is 0 Å². The molecule has 1 N–H and O–H groups in total. The van der Waals surface area contributed by atoms with E-state index in [1.54, 1.807) is 7.11 Å². The summed E-state index contributed by atoms with van der Waals surface area (Å²) in [6.07, 6.45) is 3.92. The van der Waals surface area contributed by atoms with Gasteiger partial charge in [0.1, 0.15) is 0 Å². The summed E-state index contributed by atoms with van der Waals surface area (Å²) < 4.78 is 5.06. The average Bonchev–Trinajstić information content (AvgIpc) is 2.25. The second-order valence-corrected chi connectivity index (χ2v) is 5.37. The van der Waals surface area contributed by atoms with Gasteiger partial charge in [0.05, 0.1) is 0 Å². The first-order chi connectivity index (χ1) is 6.83. The molecule has 1 rings (SSSR count). The molecule has 2 nitrogen and oxygen atoms in total. The minimum absolute atomic E-state index is 0.601. The van der Waals surface area contributed by atoms with Crippen molar-refractivity contribution in [2.24, 2.45) is 5.92 Å². The Morgan fingerprint density at radius 2 is 2.14 bits per heavy atom. The number of rotatable bonds is 6. The lowest BCUT2D eigenvalue weighted by Gasteiger charge is -2.23. The number of nitrogens with one attached hydrogen (secondary N) is 1. The van der Waals surface area contributed by atoms with Gasteiger partial charge in [0.15, 0.2) is 0 Å². The second kappa shape index (κ2) is 7.55. The van der Waals surface area contributed by atoms with Crippen molar-refractivity contribution >= 4 is 11.8 Å². The summed E-state index contributed by atoms with van der Waals surface area (Å²) in [6, 6.07) is 0.601. The van der Waals surface area contributed by atoms with Gasteiger partial charge in [0.2, 0.25) is 0 Å². The van der Waals surface area contributed by atoms with E-state index < -0.39 is 0 Å². The van der Waals surface area contributed by atoms with Crippen LogP contribution in [0.4, 0.5) is 0 Å². The largest absolute Gasteiger partial charge is 0.385 e. The molecule has 1 aliphatic heterocycles. The standard InChI is InChI=1S/C11H23NOS/c1-10(3-6-13-2)12-9-11-4-7-14-8-5-11/h10-12H,3-9H2,1-2H3. The molecular weight excluding hydrogens is 194 g/mol. The lowest BCUT2D eigenvalue weighted by Crippen LogP contribution is -2.33. The minimum Gasteiger partial charge on any atom is -0.385 e. The van der Waals surface area contributed by atoms with Crippen LogP contribution in [0.2, 0.25) is 0 Å². The van der Waals surface area contributed by atoms with Crippen LogP contribution in [0.3, 0.4) is 0 Å². The molecule has 1 unspecified atom stereocenters. The average molecular weight is 217 g/mol. The summed E-state index contributed by atoms with van der Waals surface area (Å²) in [7, 11) is 1.77. The first-order valence-corrected chi connectivity index (χ1v) is 6.78. The molecule has 0 aromatic rings. The zero-order chi connectivity index (χ0) is 10.2. The minimum atomic E-state index is 0.601. The third-order valence-corrected chi connectivity index (χ3v) is 3.90. The van der Waals surface area contributed by atoms with Gasteiger partial charge in [-0.25, -0.2) is 0 Å². The normalized spacial score (nSPS) is 21.0. The van der Waals surface area contributed by atoms with Crippen LogP contribution >= 0.6 is 11.8 Å². The molecule has 84 valence electrons. The van der Waals surface area contributed by atoms with E-state index in [2.05, 4.69) is 24.0 Å². The molecule has 0 radical (unpaired) electrons. The van der Waals surface area contributed by atoms with Crippen LogP contribution in [0.1, 0.15) is 26.2 Å². The molecular formula is C11H23NOS. The van der Waals surface area contributed by atoms with Gasteiger partial charge in [-0.05, 0) is 50.2 Å². The Labute approximate surface area is 92.2 Å². The zero-order valence-electron chi connectivity index (χ0n) is 9.42. The van der Waals surface area contributed by atoms with Crippen LogP contribution in [0.5, 0.6) is 0 Å². The highest BCUT2D eigenvalue weighted by molar-refractivity contribution is 7.99. The maximum atomic E-state index is 5.06. The molecule has 14 heavy (non-hydrogen) atoms. The first kappa shape index (κ1) is 12.3. The van der Waals surface area contributed by atoms with Crippen molar-refractivity contribution in [3.63, 3.8) is 0 Å². The number of thioether (sulfide) groups is 1. The maximum Gasteiger partial charge on any atom is 0.0476 e. The smallest absolute Gasteiger partial charge is 0.0476 e. The van der Waals surface area contributed by atoms with Gasteiger partial charge < -0.3 is 10.1 Å². The molecule has 0 saturated carbocycles. The summed E-state index contributed by atoms with van der Waals surface area (Å²) >= 11 is 2.10. The maximum absolute atomic E-state index is 5.06. The number of methoxy groups -OCH3 is 1. The molecule has 0 aromatic carbocycles. The fourth-order valence-electron chi connectivity index (χ4n) is 1.72. The Morgan fingerprint density at radius 1 is 1.43 bits per heavy atom. The van der Waals surface area contributed by atoms with Gasteiger partial charge in [-0.3, -0.25) is 0 Å². The Kier molecular flexibility index (Phi) is 6.65. The SMILES string of the molecule is COCCC(C)NCC1CCSCC1. The Morgan fingerprint density at radius 3 is 2.79 bits per heavy atom. The molecule has 0 bridgehead atoms. The highest BCUT2D eigenvalue weighted by atomic mass is 32.2.